The van der Waals surface area contributed by atoms with Crippen LogP contribution < -0.4 is 5.73 Å². The van der Waals surface area contributed by atoms with E-state index in [-0.39, 0.29) is 12.0 Å². The maximum Gasteiger partial charge on any atom is 0.417 e. The Morgan fingerprint density at radius 3 is 2.29 bits per heavy atom. The van der Waals surface area contributed by atoms with E-state index >= 15 is 0 Å². The predicted molar refractivity (Wildman–Crippen MR) is 51.1 cm³/mol. The van der Waals surface area contributed by atoms with Crippen LogP contribution in [0.4, 0.5) is 13.2 Å². The predicted octanol–water partition coefficient (Wildman–Crippen LogP) is 3.42. The summed E-state index contributed by atoms with van der Waals surface area (Å²) in [4.78, 5) is 0.590. The number of alkyl halides is 3. The molecule has 1 atom stereocenters. The van der Waals surface area contributed by atoms with Gasteiger partial charge in [0.1, 0.15) is 0 Å². The molecule has 0 aliphatic rings. The summed E-state index contributed by atoms with van der Waals surface area (Å²) in [6.45, 7) is 3.77. The van der Waals surface area contributed by atoms with E-state index in [0.29, 0.717) is 4.88 Å². The Labute approximate surface area is 84.7 Å². The molecule has 2 N–H and O–H groups in total. The largest absolute Gasteiger partial charge is 0.417 e. The van der Waals surface area contributed by atoms with E-state index in [4.69, 9.17) is 5.73 Å². The van der Waals surface area contributed by atoms with Gasteiger partial charge >= 0.3 is 6.18 Å². The Morgan fingerprint density at radius 2 is 1.93 bits per heavy atom. The van der Waals surface area contributed by atoms with Crippen LogP contribution in [0.5, 0.6) is 0 Å². The average molecular weight is 223 g/mol. The van der Waals surface area contributed by atoms with Gasteiger partial charge in [-0.1, -0.05) is 13.8 Å². The van der Waals surface area contributed by atoms with Crippen molar-refractivity contribution in [1.29, 1.82) is 0 Å². The molecule has 1 aromatic heterocycles. The molecule has 5 heteroatoms. The molecule has 0 saturated heterocycles. The van der Waals surface area contributed by atoms with Gasteiger partial charge in [0.05, 0.1) is 5.56 Å². The van der Waals surface area contributed by atoms with Gasteiger partial charge in [0.25, 0.3) is 0 Å². The third kappa shape index (κ3) is 2.48. The number of hydrogen-bond acceptors (Lipinski definition) is 2. The summed E-state index contributed by atoms with van der Waals surface area (Å²) in [6.07, 6.45) is -4.26. The van der Waals surface area contributed by atoms with Crippen molar-refractivity contribution in [2.24, 2.45) is 11.7 Å². The SMILES string of the molecule is CC(C)[C@H](N)c1cc(C(F)(F)F)cs1. The molecule has 14 heavy (non-hydrogen) atoms. The number of nitrogens with two attached hydrogens (primary N) is 1. The highest BCUT2D eigenvalue weighted by Crippen LogP contribution is 2.35. The zero-order chi connectivity index (χ0) is 10.9. The van der Waals surface area contributed by atoms with Crippen molar-refractivity contribution in [2.45, 2.75) is 26.1 Å². The highest BCUT2D eigenvalue weighted by atomic mass is 32.1. The van der Waals surface area contributed by atoms with E-state index in [1.54, 1.807) is 0 Å². The van der Waals surface area contributed by atoms with Crippen molar-refractivity contribution in [1.82, 2.24) is 0 Å². The lowest BCUT2D eigenvalue weighted by molar-refractivity contribution is -0.137. The van der Waals surface area contributed by atoms with Crippen molar-refractivity contribution < 1.29 is 13.2 Å². The third-order valence-corrected chi connectivity index (χ3v) is 3.03. The number of thiophene rings is 1. The van der Waals surface area contributed by atoms with Gasteiger partial charge in [0.15, 0.2) is 0 Å². The summed E-state index contributed by atoms with van der Waals surface area (Å²) in [7, 11) is 0. The molecule has 0 aliphatic carbocycles. The molecule has 1 nitrogen and oxygen atoms in total. The van der Waals surface area contributed by atoms with Gasteiger partial charge in [0, 0.05) is 16.3 Å². The molecule has 1 rings (SSSR count). The molecule has 80 valence electrons. The molecule has 0 spiro atoms. The van der Waals surface area contributed by atoms with Gasteiger partial charge in [0.2, 0.25) is 0 Å². The fourth-order valence-electron chi connectivity index (χ4n) is 1.00. The Balaban J connectivity index is 2.89. The van der Waals surface area contributed by atoms with Crippen LogP contribution in [0, 0.1) is 5.92 Å². The molecule has 0 aliphatic heterocycles. The zero-order valence-electron chi connectivity index (χ0n) is 7.93. The smallest absolute Gasteiger partial charge is 0.323 e. The Hall–Kier alpha value is -0.550. The first-order valence-electron chi connectivity index (χ1n) is 4.23. The number of hydrogen-bond donors (Lipinski definition) is 1. The summed E-state index contributed by atoms with van der Waals surface area (Å²) >= 11 is 1.07. The lowest BCUT2D eigenvalue weighted by Gasteiger charge is -2.12. The summed E-state index contributed by atoms with van der Waals surface area (Å²) < 4.78 is 36.7. The highest BCUT2D eigenvalue weighted by Gasteiger charge is 2.32. The molecule has 0 fully saturated rings. The Morgan fingerprint density at radius 1 is 1.36 bits per heavy atom. The lowest BCUT2D eigenvalue weighted by Crippen LogP contribution is -2.15. The van der Waals surface area contributed by atoms with Crippen molar-refractivity contribution in [3.8, 4) is 0 Å². The van der Waals surface area contributed by atoms with E-state index < -0.39 is 11.7 Å². The molecule has 1 aromatic rings. The van der Waals surface area contributed by atoms with Crippen molar-refractivity contribution >= 4 is 11.3 Å². The fraction of sp³-hybridized carbons (Fsp3) is 0.556. The maximum absolute atomic E-state index is 12.2. The third-order valence-electron chi connectivity index (χ3n) is 1.99. The second-order valence-electron chi connectivity index (χ2n) is 3.51. The van der Waals surface area contributed by atoms with Gasteiger partial charge in [-0.15, -0.1) is 11.3 Å². The van der Waals surface area contributed by atoms with Crippen LogP contribution in [0.3, 0.4) is 0 Å². The molecule has 0 unspecified atom stereocenters. The summed E-state index contributed by atoms with van der Waals surface area (Å²) in [6, 6.07) is 0.825. The van der Waals surface area contributed by atoms with Gasteiger partial charge in [-0.05, 0) is 12.0 Å². The second kappa shape index (κ2) is 3.90. The molecule has 0 radical (unpaired) electrons. The van der Waals surface area contributed by atoms with Crippen LogP contribution in [0.1, 0.15) is 30.3 Å². The molecule has 1 heterocycles. The molecule has 0 saturated carbocycles. The van der Waals surface area contributed by atoms with Crippen LogP contribution >= 0.6 is 11.3 Å². The van der Waals surface area contributed by atoms with E-state index in [9.17, 15) is 13.2 Å². The molecule has 0 amide bonds. The van der Waals surface area contributed by atoms with E-state index in [2.05, 4.69) is 0 Å². The van der Waals surface area contributed by atoms with E-state index in [1.165, 1.54) is 0 Å². The summed E-state index contributed by atoms with van der Waals surface area (Å²) in [5.74, 6) is 0.148. The van der Waals surface area contributed by atoms with E-state index in [1.807, 2.05) is 13.8 Å². The van der Waals surface area contributed by atoms with Crippen LogP contribution in [0.25, 0.3) is 0 Å². The Bertz CT molecular complexity index is 303. The van der Waals surface area contributed by atoms with Crippen LogP contribution in [-0.4, -0.2) is 0 Å². The minimum Gasteiger partial charge on any atom is -0.323 e. The number of halogens is 3. The maximum atomic E-state index is 12.2. The van der Waals surface area contributed by atoms with Crippen molar-refractivity contribution in [2.75, 3.05) is 0 Å². The minimum absolute atomic E-state index is 0.148. The standard InChI is InChI=1S/C9H12F3NS/c1-5(2)8(13)7-3-6(4-14-7)9(10,11)12/h3-5,8H,13H2,1-2H3/t8-/m0/s1. The molecule has 0 bridgehead atoms. The first-order valence-corrected chi connectivity index (χ1v) is 5.11. The van der Waals surface area contributed by atoms with Crippen LogP contribution in [0.15, 0.2) is 11.4 Å². The fourth-order valence-corrected chi connectivity index (χ4v) is 2.09. The minimum atomic E-state index is -4.26. The molecular formula is C9H12F3NS. The summed E-state index contributed by atoms with van der Waals surface area (Å²) in [5.41, 5.74) is 5.13. The lowest BCUT2D eigenvalue weighted by atomic mass is 10.0. The average Bonchev–Trinajstić information content (AvgIpc) is 2.49. The van der Waals surface area contributed by atoms with Gasteiger partial charge < -0.3 is 5.73 Å². The van der Waals surface area contributed by atoms with E-state index in [0.717, 1.165) is 22.8 Å². The second-order valence-corrected chi connectivity index (χ2v) is 4.45. The molecule has 0 aromatic carbocycles. The normalized spacial score (nSPS) is 14.8. The van der Waals surface area contributed by atoms with Gasteiger partial charge in [-0.3, -0.25) is 0 Å². The summed E-state index contributed by atoms with van der Waals surface area (Å²) in [5, 5.41) is 1.11. The highest BCUT2D eigenvalue weighted by molar-refractivity contribution is 7.10. The first kappa shape index (κ1) is 11.5. The monoisotopic (exact) mass is 223 g/mol. The topological polar surface area (TPSA) is 26.0 Å². The van der Waals surface area contributed by atoms with Crippen LogP contribution in [-0.2, 0) is 6.18 Å². The van der Waals surface area contributed by atoms with Gasteiger partial charge in [-0.25, -0.2) is 0 Å². The number of rotatable bonds is 2. The van der Waals surface area contributed by atoms with Crippen LogP contribution in [0.2, 0.25) is 0 Å². The van der Waals surface area contributed by atoms with Crippen molar-refractivity contribution in [3.05, 3.63) is 21.9 Å². The quantitative estimate of drug-likeness (QED) is 0.816. The van der Waals surface area contributed by atoms with Gasteiger partial charge in [-0.2, -0.15) is 13.2 Å². The van der Waals surface area contributed by atoms with Crippen molar-refractivity contribution in [3.63, 3.8) is 0 Å². The molecular weight excluding hydrogens is 211 g/mol. The zero-order valence-corrected chi connectivity index (χ0v) is 8.75. The first-order chi connectivity index (χ1) is 6.32. The Kier molecular flexibility index (Phi) is 3.21.